The number of primary amides is 1. The molecule has 1 unspecified atom stereocenters. The van der Waals surface area contributed by atoms with Crippen LogP contribution in [0.25, 0.3) is 0 Å². The van der Waals surface area contributed by atoms with Crippen molar-refractivity contribution in [2.75, 3.05) is 7.05 Å². The summed E-state index contributed by atoms with van der Waals surface area (Å²) in [6.07, 6.45) is 1.42. The van der Waals surface area contributed by atoms with Crippen LogP contribution in [-0.2, 0) is 18.9 Å². The van der Waals surface area contributed by atoms with Crippen molar-refractivity contribution in [3.05, 3.63) is 129 Å². The number of fused-ring (bicyclic) bond motifs is 2. The minimum Gasteiger partial charge on any atom is -0.483 e. The van der Waals surface area contributed by atoms with E-state index < -0.39 is 11.3 Å². The zero-order valence-corrected chi connectivity index (χ0v) is 24.2. The number of ether oxygens (including phenoxy) is 1. The lowest BCUT2D eigenvalue weighted by atomic mass is 9.88. The van der Waals surface area contributed by atoms with Gasteiger partial charge in [0.25, 0.3) is 11.8 Å². The van der Waals surface area contributed by atoms with Crippen LogP contribution in [0.4, 0.5) is 0 Å². The van der Waals surface area contributed by atoms with E-state index in [1.807, 2.05) is 68.4 Å². The molecule has 0 spiro atoms. The van der Waals surface area contributed by atoms with Gasteiger partial charge in [-0.1, -0.05) is 72.8 Å². The van der Waals surface area contributed by atoms with Crippen LogP contribution in [-0.4, -0.2) is 34.4 Å². The summed E-state index contributed by atoms with van der Waals surface area (Å²) < 4.78 is 7.79. The summed E-state index contributed by atoms with van der Waals surface area (Å²) in [4.78, 5) is 42.9. The predicted molar refractivity (Wildman–Crippen MR) is 162 cm³/mol. The van der Waals surface area contributed by atoms with E-state index in [9.17, 15) is 14.4 Å². The number of pyridine rings is 1. The molecular formula is C33H33N3O4S. The van der Waals surface area contributed by atoms with Crippen LogP contribution in [0, 0.1) is 0 Å². The van der Waals surface area contributed by atoms with E-state index in [1.165, 1.54) is 11.8 Å². The first-order valence-electron chi connectivity index (χ1n) is 13.6. The van der Waals surface area contributed by atoms with Gasteiger partial charge in [-0.3, -0.25) is 14.4 Å². The predicted octanol–water partition coefficient (Wildman–Crippen LogP) is 5.44. The Kier molecular flexibility index (Phi) is 8.31. The number of carbonyl (C=O) groups is 2. The standard InChI is InChI=1S/C33H33N3O4S/c1-21(2)35(3)33(39)29-31(40-19-22-11-5-4-6-12-22)30(37)27(32(34)38)18-36(29)17-26-24-14-8-7-13-23(24)20-41-28-16-10-9-15-25(26)28/h4-16,18,21,26H,17,19-20H2,1-3H3,(H2,34,38). The van der Waals surface area contributed by atoms with Crippen molar-refractivity contribution in [2.45, 2.75) is 49.6 Å². The molecule has 1 aromatic heterocycles. The van der Waals surface area contributed by atoms with Gasteiger partial charge in [0.05, 0.1) is 0 Å². The summed E-state index contributed by atoms with van der Waals surface area (Å²) in [6.45, 7) is 4.15. The Hall–Kier alpha value is -4.30. The number of aromatic nitrogens is 1. The molecule has 0 bridgehead atoms. The summed E-state index contributed by atoms with van der Waals surface area (Å²) in [5.41, 5.74) is 9.15. The SMILES string of the molecule is CC(C)N(C)C(=O)c1c(OCc2ccccc2)c(=O)c(C(N)=O)cn1CC1c2ccccc2CSc2ccccc21. The molecule has 2 heterocycles. The van der Waals surface area contributed by atoms with Gasteiger partial charge in [0.15, 0.2) is 11.4 Å². The first-order chi connectivity index (χ1) is 19.8. The highest BCUT2D eigenvalue weighted by Crippen LogP contribution is 2.41. The van der Waals surface area contributed by atoms with E-state index in [4.69, 9.17) is 10.5 Å². The number of amides is 2. The first-order valence-corrected chi connectivity index (χ1v) is 14.6. The van der Waals surface area contributed by atoms with Gasteiger partial charge in [-0.25, -0.2) is 0 Å². The first kappa shape index (κ1) is 28.2. The average molecular weight is 568 g/mol. The molecule has 41 heavy (non-hydrogen) atoms. The second-order valence-electron chi connectivity index (χ2n) is 10.4. The molecule has 7 nitrogen and oxygen atoms in total. The van der Waals surface area contributed by atoms with Gasteiger partial charge in [-0.05, 0) is 42.2 Å². The van der Waals surface area contributed by atoms with Gasteiger partial charge in [0.2, 0.25) is 5.43 Å². The fourth-order valence-corrected chi connectivity index (χ4v) is 6.19. The highest BCUT2D eigenvalue weighted by Gasteiger charge is 2.31. The van der Waals surface area contributed by atoms with Crippen LogP contribution in [0.5, 0.6) is 5.75 Å². The van der Waals surface area contributed by atoms with E-state index in [0.29, 0.717) is 6.54 Å². The zero-order valence-electron chi connectivity index (χ0n) is 23.4. The second kappa shape index (κ2) is 12.1. The van der Waals surface area contributed by atoms with E-state index >= 15 is 0 Å². The largest absolute Gasteiger partial charge is 0.483 e. The number of nitrogens with two attached hydrogens (primary N) is 1. The van der Waals surface area contributed by atoms with Crippen molar-refractivity contribution < 1.29 is 14.3 Å². The van der Waals surface area contributed by atoms with Crippen LogP contribution < -0.4 is 15.9 Å². The van der Waals surface area contributed by atoms with Crippen LogP contribution >= 0.6 is 11.8 Å². The van der Waals surface area contributed by atoms with Gasteiger partial charge in [0.1, 0.15) is 12.2 Å². The smallest absolute Gasteiger partial charge is 0.274 e. The molecule has 1 aliphatic rings. The summed E-state index contributed by atoms with van der Waals surface area (Å²) in [5.74, 6) is -0.763. The molecular weight excluding hydrogens is 534 g/mol. The Labute approximate surface area is 243 Å². The van der Waals surface area contributed by atoms with Gasteiger partial charge >= 0.3 is 0 Å². The lowest BCUT2D eigenvalue weighted by molar-refractivity contribution is 0.0735. The molecule has 3 aromatic carbocycles. The zero-order chi connectivity index (χ0) is 29.1. The van der Waals surface area contributed by atoms with Crippen molar-refractivity contribution in [1.82, 2.24) is 9.47 Å². The number of hydrogen-bond donors (Lipinski definition) is 1. The normalized spacial score (nSPS) is 14.1. The second-order valence-corrected chi connectivity index (χ2v) is 11.4. The number of nitrogens with zero attached hydrogens (tertiary/aromatic N) is 2. The maximum Gasteiger partial charge on any atom is 0.274 e. The lowest BCUT2D eigenvalue weighted by Crippen LogP contribution is -2.38. The molecule has 2 N–H and O–H groups in total. The summed E-state index contributed by atoms with van der Waals surface area (Å²) in [6, 6.07) is 25.7. The molecule has 0 radical (unpaired) electrons. The van der Waals surface area contributed by atoms with E-state index in [-0.39, 0.29) is 41.5 Å². The summed E-state index contributed by atoms with van der Waals surface area (Å²) in [7, 11) is 1.69. The van der Waals surface area contributed by atoms with Gasteiger partial charge < -0.3 is 19.9 Å². The molecule has 0 saturated heterocycles. The number of benzene rings is 3. The molecule has 210 valence electrons. The Balaban J connectivity index is 1.72. The number of hydrogen-bond acceptors (Lipinski definition) is 5. The molecule has 5 rings (SSSR count). The van der Waals surface area contributed by atoms with Crippen LogP contribution in [0.1, 0.15) is 62.9 Å². The summed E-state index contributed by atoms with van der Waals surface area (Å²) in [5, 5.41) is 0. The molecule has 8 heteroatoms. The van der Waals surface area contributed by atoms with Crippen LogP contribution in [0.2, 0.25) is 0 Å². The maximum absolute atomic E-state index is 14.0. The van der Waals surface area contributed by atoms with Crippen LogP contribution in [0.3, 0.4) is 0 Å². The maximum atomic E-state index is 14.0. The topological polar surface area (TPSA) is 94.6 Å². The van der Waals surface area contributed by atoms with Crippen LogP contribution in [0.15, 0.2) is 94.7 Å². The van der Waals surface area contributed by atoms with Crippen molar-refractivity contribution >= 4 is 23.6 Å². The van der Waals surface area contributed by atoms with Crippen molar-refractivity contribution in [1.29, 1.82) is 0 Å². The number of rotatable bonds is 8. The Bertz CT molecular complexity index is 1600. The molecule has 2 amide bonds. The average Bonchev–Trinajstić information content (AvgIpc) is 3.13. The highest BCUT2D eigenvalue weighted by atomic mass is 32.2. The third kappa shape index (κ3) is 5.79. The van der Waals surface area contributed by atoms with Crippen molar-refractivity contribution in [3.8, 4) is 5.75 Å². The highest BCUT2D eigenvalue weighted by molar-refractivity contribution is 7.98. The minimum atomic E-state index is -0.873. The number of thioether (sulfide) groups is 1. The molecule has 0 aliphatic carbocycles. The van der Waals surface area contributed by atoms with Gasteiger partial charge in [-0.15, -0.1) is 11.8 Å². The third-order valence-electron chi connectivity index (χ3n) is 7.51. The fraction of sp³-hybridized carbons (Fsp3) is 0.242. The monoisotopic (exact) mass is 567 g/mol. The minimum absolute atomic E-state index is 0.0513. The molecule has 1 atom stereocenters. The molecule has 4 aromatic rings. The fourth-order valence-electron chi connectivity index (χ4n) is 5.07. The Morgan fingerprint density at radius 2 is 1.66 bits per heavy atom. The Morgan fingerprint density at radius 1 is 1.00 bits per heavy atom. The third-order valence-corrected chi connectivity index (χ3v) is 8.65. The molecule has 0 saturated carbocycles. The van der Waals surface area contributed by atoms with Crippen molar-refractivity contribution in [3.63, 3.8) is 0 Å². The van der Waals surface area contributed by atoms with E-state index in [1.54, 1.807) is 28.3 Å². The van der Waals surface area contributed by atoms with E-state index in [2.05, 4.69) is 24.3 Å². The van der Waals surface area contributed by atoms with Crippen molar-refractivity contribution in [2.24, 2.45) is 5.73 Å². The van der Waals surface area contributed by atoms with E-state index in [0.717, 1.165) is 27.3 Å². The summed E-state index contributed by atoms with van der Waals surface area (Å²) >= 11 is 1.77. The molecule has 1 aliphatic heterocycles. The molecule has 0 fully saturated rings. The van der Waals surface area contributed by atoms with Gasteiger partial charge in [-0.2, -0.15) is 0 Å². The quantitative estimate of drug-likeness (QED) is 0.306. The lowest BCUT2D eigenvalue weighted by Gasteiger charge is -2.28. The number of carbonyl (C=O) groups excluding carboxylic acids is 2. The Morgan fingerprint density at radius 3 is 2.37 bits per heavy atom. The van der Waals surface area contributed by atoms with Gasteiger partial charge in [0, 0.05) is 42.4 Å².